The van der Waals surface area contributed by atoms with Gasteiger partial charge in [0, 0.05) is 12.8 Å². The highest BCUT2D eigenvalue weighted by molar-refractivity contribution is 7.90. The zero-order valence-corrected chi connectivity index (χ0v) is 13.1. The second-order valence-electron chi connectivity index (χ2n) is 6.14. The normalized spacial score (nSPS) is 14.2. The summed E-state index contributed by atoms with van der Waals surface area (Å²) in [5.41, 5.74) is 7.09. The van der Waals surface area contributed by atoms with Crippen LogP contribution >= 0.6 is 0 Å². The number of para-hydroxylation sites is 1. The molecular weight excluding hydrogens is 260 g/mol. The average molecular weight is 284 g/mol. The summed E-state index contributed by atoms with van der Waals surface area (Å²) in [6.07, 6.45) is 1.17. The fraction of sp³-hybridized carbons (Fsp3) is 0.571. The monoisotopic (exact) mass is 284 g/mol. The molecule has 0 aliphatic carbocycles. The summed E-state index contributed by atoms with van der Waals surface area (Å²) < 4.78 is 23.2. The van der Waals surface area contributed by atoms with Crippen molar-refractivity contribution in [2.75, 3.05) is 23.9 Å². The van der Waals surface area contributed by atoms with Crippen molar-refractivity contribution in [1.29, 1.82) is 0 Å². The van der Waals surface area contributed by atoms with Crippen molar-refractivity contribution >= 4 is 21.2 Å². The average Bonchev–Trinajstić information content (AvgIpc) is 2.24. The molecule has 0 fully saturated rings. The summed E-state index contributed by atoms with van der Waals surface area (Å²) in [5, 5.41) is 3.24. The van der Waals surface area contributed by atoms with Gasteiger partial charge in [0.2, 0.25) is 0 Å². The van der Waals surface area contributed by atoms with Gasteiger partial charge in [-0.25, -0.2) is 8.42 Å². The van der Waals surface area contributed by atoms with Gasteiger partial charge in [0.15, 0.2) is 9.84 Å². The third kappa shape index (κ3) is 4.13. The van der Waals surface area contributed by atoms with Gasteiger partial charge >= 0.3 is 0 Å². The van der Waals surface area contributed by atoms with Crippen LogP contribution in [0.2, 0.25) is 0 Å². The second kappa shape index (κ2) is 5.41. The van der Waals surface area contributed by atoms with Crippen LogP contribution in [0.4, 0.5) is 11.4 Å². The molecule has 1 atom stereocenters. The van der Waals surface area contributed by atoms with Crippen molar-refractivity contribution < 1.29 is 8.42 Å². The van der Waals surface area contributed by atoms with Gasteiger partial charge in [-0.05, 0) is 23.5 Å². The first-order valence-corrected chi connectivity index (χ1v) is 8.25. The first-order valence-electron chi connectivity index (χ1n) is 6.36. The van der Waals surface area contributed by atoms with E-state index in [-0.39, 0.29) is 10.3 Å². The van der Waals surface area contributed by atoms with Crippen LogP contribution in [0.25, 0.3) is 0 Å². The maximum Gasteiger partial charge on any atom is 0.177 e. The summed E-state index contributed by atoms with van der Waals surface area (Å²) in [7, 11) is -3.29. The van der Waals surface area contributed by atoms with Crippen molar-refractivity contribution in [3.8, 4) is 0 Å². The molecule has 0 saturated carbocycles. The fourth-order valence-electron chi connectivity index (χ4n) is 1.59. The van der Waals surface area contributed by atoms with Gasteiger partial charge in [-0.15, -0.1) is 0 Å². The maximum atomic E-state index is 11.6. The molecule has 5 heteroatoms. The lowest BCUT2D eigenvalue weighted by molar-refractivity contribution is 0.274. The minimum Gasteiger partial charge on any atom is -0.396 e. The minimum absolute atomic E-state index is 0.181. The maximum absolute atomic E-state index is 11.6. The molecule has 0 bridgehead atoms. The highest BCUT2D eigenvalue weighted by Crippen LogP contribution is 2.29. The second-order valence-corrected chi connectivity index (χ2v) is 8.12. The quantitative estimate of drug-likeness (QED) is 0.834. The van der Waals surface area contributed by atoms with Gasteiger partial charge < -0.3 is 11.1 Å². The van der Waals surface area contributed by atoms with Gasteiger partial charge in [-0.3, -0.25) is 0 Å². The first-order chi connectivity index (χ1) is 8.53. The molecule has 1 aromatic carbocycles. The molecule has 0 spiro atoms. The minimum atomic E-state index is -3.29. The number of rotatable bonds is 4. The molecule has 0 amide bonds. The van der Waals surface area contributed by atoms with Gasteiger partial charge in [-0.2, -0.15) is 0 Å². The Morgan fingerprint density at radius 2 is 1.89 bits per heavy atom. The molecular formula is C14H24N2O2S. The van der Waals surface area contributed by atoms with Crippen LogP contribution in [-0.4, -0.2) is 21.2 Å². The summed E-state index contributed by atoms with van der Waals surface area (Å²) in [5.74, 6) is 0.439. The number of nitrogens with two attached hydrogens (primary N) is 1. The number of sulfone groups is 1. The first kappa shape index (κ1) is 15.8. The predicted molar refractivity (Wildman–Crippen MR) is 81.1 cm³/mol. The van der Waals surface area contributed by atoms with Crippen molar-refractivity contribution in [3.63, 3.8) is 0 Å². The van der Waals surface area contributed by atoms with E-state index in [2.05, 4.69) is 33.0 Å². The van der Waals surface area contributed by atoms with E-state index in [9.17, 15) is 8.42 Å². The van der Waals surface area contributed by atoms with Crippen LogP contribution in [0.15, 0.2) is 23.1 Å². The van der Waals surface area contributed by atoms with Crippen LogP contribution in [0.1, 0.15) is 27.7 Å². The molecule has 1 rings (SSSR count). The molecule has 0 aromatic heterocycles. The Hall–Kier alpha value is -1.23. The standard InChI is InChI=1S/C14H24N2O2S/c1-10(14(2,3)4)9-16-11-7-6-8-12(13(11)15)19(5,17)18/h6-8,10,16H,9,15H2,1-5H3. The van der Waals surface area contributed by atoms with Crippen LogP contribution in [0.3, 0.4) is 0 Å². The van der Waals surface area contributed by atoms with Gasteiger partial charge in [-0.1, -0.05) is 33.8 Å². The van der Waals surface area contributed by atoms with E-state index < -0.39 is 9.84 Å². The van der Waals surface area contributed by atoms with Gasteiger partial charge in [0.25, 0.3) is 0 Å². The van der Waals surface area contributed by atoms with Crippen molar-refractivity contribution in [3.05, 3.63) is 18.2 Å². The highest BCUT2D eigenvalue weighted by Gasteiger charge is 2.20. The summed E-state index contributed by atoms with van der Waals surface area (Å²) >= 11 is 0. The van der Waals surface area contributed by atoms with E-state index in [4.69, 9.17) is 5.73 Å². The van der Waals surface area contributed by atoms with Crippen molar-refractivity contribution in [2.45, 2.75) is 32.6 Å². The fourth-order valence-corrected chi connectivity index (χ4v) is 2.43. The number of hydrogen-bond donors (Lipinski definition) is 2. The molecule has 0 saturated heterocycles. The Morgan fingerprint density at radius 3 is 2.37 bits per heavy atom. The SMILES string of the molecule is CC(CNc1cccc(S(C)(=O)=O)c1N)C(C)(C)C. The molecule has 0 heterocycles. The number of nitrogens with one attached hydrogen (secondary N) is 1. The lowest BCUT2D eigenvalue weighted by Crippen LogP contribution is -2.25. The molecule has 1 unspecified atom stereocenters. The molecule has 0 radical (unpaired) electrons. The lowest BCUT2D eigenvalue weighted by atomic mass is 9.82. The van der Waals surface area contributed by atoms with E-state index in [1.165, 1.54) is 12.3 Å². The van der Waals surface area contributed by atoms with Crippen molar-refractivity contribution in [2.24, 2.45) is 11.3 Å². The smallest absolute Gasteiger partial charge is 0.177 e. The van der Waals surface area contributed by atoms with E-state index in [0.717, 1.165) is 6.54 Å². The Balaban J connectivity index is 2.93. The van der Waals surface area contributed by atoms with Crippen LogP contribution in [0, 0.1) is 11.3 Å². The number of nitrogen functional groups attached to an aromatic ring is 1. The molecule has 4 nitrogen and oxygen atoms in total. The molecule has 0 aliphatic rings. The van der Waals surface area contributed by atoms with Crippen LogP contribution in [0.5, 0.6) is 0 Å². The van der Waals surface area contributed by atoms with Gasteiger partial charge in [0.1, 0.15) is 0 Å². The summed E-state index contributed by atoms with van der Waals surface area (Å²) in [6, 6.07) is 5.04. The van der Waals surface area contributed by atoms with Gasteiger partial charge in [0.05, 0.1) is 16.3 Å². The van der Waals surface area contributed by atoms with E-state index >= 15 is 0 Å². The predicted octanol–water partition coefficient (Wildman–Crippen LogP) is 2.77. The van der Waals surface area contributed by atoms with E-state index in [0.29, 0.717) is 17.3 Å². The topological polar surface area (TPSA) is 72.2 Å². The Labute approximate surface area is 116 Å². The summed E-state index contributed by atoms with van der Waals surface area (Å²) in [6.45, 7) is 9.44. The number of hydrogen-bond acceptors (Lipinski definition) is 4. The highest BCUT2D eigenvalue weighted by atomic mass is 32.2. The third-order valence-corrected chi connectivity index (χ3v) is 4.70. The zero-order chi connectivity index (χ0) is 14.8. The third-order valence-electron chi connectivity index (χ3n) is 3.54. The molecule has 19 heavy (non-hydrogen) atoms. The van der Waals surface area contributed by atoms with E-state index in [1.54, 1.807) is 12.1 Å². The van der Waals surface area contributed by atoms with Crippen LogP contribution in [-0.2, 0) is 9.84 Å². The molecule has 108 valence electrons. The largest absolute Gasteiger partial charge is 0.396 e. The lowest BCUT2D eigenvalue weighted by Gasteiger charge is -2.28. The molecule has 1 aromatic rings. The summed E-state index contributed by atoms with van der Waals surface area (Å²) in [4.78, 5) is 0.181. The van der Waals surface area contributed by atoms with Crippen LogP contribution < -0.4 is 11.1 Å². The Morgan fingerprint density at radius 1 is 1.32 bits per heavy atom. The van der Waals surface area contributed by atoms with Crippen molar-refractivity contribution in [1.82, 2.24) is 0 Å². The van der Waals surface area contributed by atoms with E-state index in [1.807, 2.05) is 0 Å². The molecule has 3 N–H and O–H groups in total. The molecule has 0 aliphatic heterocycles. The number of anilines is 2. The number of benzene rings is 1. The Kier molecular flexibility index (Phi) is 4.50. The zero-order valence-electron chi connectivity index (χ0n) is 12.3. The Bertz CT molecular complexity index is 545.